The average molecular weight is 342 g/mol. The number of aromatic amines is 1. The molecule has 0 unspecified atom stereocenters. The minimum atomic E-state index is -4.69. The van der Waals surface area contributed by atoms with Gasteiger partial charge in [-0.3, -0.25) is 4.90 Å². The highest BCUT2D eigenvalue weighted by molar-refractivity contribution is 5.29. The first kappa shape index (κ1) is 16.7. The first-order valence-corrected chi connectivity index (χ1v) is 7.50. The lowest BCUT2D eigenvalue weighted by molar-refractivity contribution is -0.274. The summed E-state index contributed by atoms with van der Waals surface area (Å²) in [7, 11) is 0. The number of hydrogen-bond donors (Lipinski definition) is 2. The molecule has 2 heterocycles. The molecule has 2 N–H and O–H groups in total. The molecule has 1 aromatic carbocycles. The summed E-state index contributed by atoms with van der Waals surface area (Å²) in [6.45, 7) is 1.72. The van der Waals surface area contributed by atoms with E-state index in [-0.39, 0.29) is 5.75 Å². The minimum Gasteiger partial charge on any atom is -0.406 e. The van der Waals surface area contributed by atoms with Crippen molar-refractivity contribution in [2.45, 2.75) is 24.8 Å². The molecule has 3 rings (SSSR count). The number of ether oxygens (including phenoxy) is 1. The monoisotopic (exact) mass is 342 g/mol. The molecule has 1 fully saturated rings. The first-order valence-electron chi connectivity index (χ1n) is 7.50. The largest absolute Gasteiger partial charge is 0.573 e. The van der Waals surface area contributed by atoms with Gasteiger partial charge in [0.05, 0.1) is 6.20 Å². The van der Waals surface area contributed by atoms with Crippen molar-refractivity contribution in [1.82, 2.24) is 20.3 Å². The molecule has 0 bridgehead atoms. The molecule has 9 heteroatoms. The lowest BCUT2D eigenvalue weighted by Gasteiger charge is -2.21. The summed E-state index contributed by atoms with van der Waals surface area (Å²) >= 11 is 0. The Morgan fingerprint density at radius 2 is 2.21 bits per heavy atom. The number of halogens is 3. The van der Waals surface area contributed by atoms with Crippen molar-refractivity contribution >= 4 is 0 Å². The van der Waals surface area contributed by atoms with Gasteiger partial charge in [-0.05, 0) is 30.5 Å². The van der Waals surface area contributed by atoms with E-state index in [9.17, 15) is 18.3 Å². The number of nitrogens with zero attached hydrogens (tertiary/aromatic N) is 3. The van der Waals surface area contributed by atoms with Gasteiger partial charge in [0, 0.05) is 19.6 Å². The lowest BCUT2D eigenvalue weighted by atomic mass is 10.00. The van der Waals surface area contributed by atoms with Crippen LogP contribution in [0, 0.1) is 0 Å². The Morgan fingerprint density at radius 3 is 2.92 bits per heavy atom. The van der Waals surface area contributed by atoms with Crippen LogP contribution in [0.5, 0.6) is 5.75 Å². The quantitative estimate of drug-likeness (QED) is 0.867. The lowest BCUT2D eigenvalue weighted by Crippen LogP contribution is -2.32. The van der Waals surface area contributed by atoms with E-state index in [4.69, 9.17) is 0 Å². The zero-order valence-electron chi connectivity index (χ0n) is 12.8. The number of β-amino-alcohol motifs (C(OH)–C–C–N with tert-alkyl or cyclic N) is 1. The summed E-state index contributed by atoms with van der Waals surface area (Å²) in [4.78, 5) is 2.05. The highest BCUT2D eigenvalue weighted by atomic mass is 19.4. The number of benzene rings is 1. The molecule has 1 aromatic heterocycles. The summed E-state index contributed by atoms with van der Waals surface area (Å²) < 4.78 is 40.7. The minimum absolute atomic E-state index is 0.222. The zero-order valence-corrected chi connectivity index (χ0v) is 12.8. The molecule has 0 amide bonds. The molecule has 6 nitrogen and oxygen atoms in total. The van der Waals surface area contributed by atoms with Gasteiger partial charge in [-0.2, -0.15) is 15.4 Å². The van der Waals surface area contributed by atoms with Crippen LogP contribution < -0.4 is 4.74 Å². The Hall–Kier alpha value is -2.13. The van der Waals surface area contributed by atoms with Gasteiger partial charge in [0.25, 0.3) is 0 Å². The molecule has 1 saturated heterocycles. The summed E-state index contributed by atoms with van der Waals surface area (Å²) in [5, 5.41) is 20.7. The van der Waals surface area contributed by atoms with Gasteiger partial charge < -0.3 is 9.84 Å². The molecule has 1 aliphatic rings. The van der Waals surface area contributed by atoms with Crippen molar-refractivity contribution in [3.8, 4) is 5.75 Å². The fraction of sp³-hybridized carbons (Fsp3) is 0.467. The van der Waals surface area contributed by atoms with Crippen LogP contribution in [0.15, 0.2) is 30.5 Å². The van der Waals surface area contributed by atoms with Crippen molar-refractivity contribution in [2.24, 2.45) is 0 Å². The molecule has 0 radical (unpaired) electrons. The number of aliphatic hydroxyl groups is 1. The number of aromatic nitrogens is 3. The average Bonchev–Trinajstić information content (AvgIpc) is 3.14. The van der Waals surface area contributed by atoms with Gasteiger partial charge in [0.15, 0.2) is 0 Å². The number of H-pyrrole nitrogens is 1. The smallest absolute Gasteiger partial charge is 0.406 e. The zero-order chi connectivity index (χ0) is 17.2. The molecule has 0 saturated carbocycles. The van der Waals surface area contributed by atoms with Crippen molar-refractivity contribution in [3.05, 3.63) is 41.7 Å². The van der Waals surface area contributed by atoms with Crippen molar-refractivity contribution in [3.63, 3.8) is 0 Å². The molecule has 130 valence electrons. The third-order valence-corrected chi connectivity index (χ3v) is 4.07. The first-order chi connectivity index (χ1) is 11.3. The fourth-order valence-electron chi connectivity index (χ4n) is 2.88. The topological polar surface area (TPSA) is 74.3 Å². The van der Waals surface area contributed by atoms with Gasteiger partial charge in [0.2, 0.25) is 0 Å². The third-order valence-electron chi connectivity index (χ3n) is 4.07. The van der Waals surface area contributed by atoms with E-state index >= 15 is 0 Å². The molecule has 1 atom stereocenters. The van der Waals surface area contributed by atoms with E-state index in [0.717, 1.165) is 5.56 Å². The fourth-order valence-corrected chi connectivity index (χ4v) is 2.88. The Balaban J connectivity index is 1.56. The Labute approximate surface area is 136 Å². The predicted molar refractivity (Wildman–Crippen MR) is 78.2 cm³/mol. The maximum Gasteiger partial charge on any atom is 0.573 e. The normalized spacial score (nSPS) is 22.0. The second kappa shape index (κ2) is 6.40. The van der Waals surface area contributed by atoms with Gasteiger partial charge in [-0.1, -0.05) is 12.1 Å². The Kier molecular flexibility index (Phi) is 4.46. The van der Waals surface area contributed by atoms with E-state index in [1.54, 1.807) is 6.07 Å². The van der Waals surface area contributed by atoms with Gasteiger partial charge in [-0.25, -0.2) is 0 Å². The molecule has 2 aromatic rings. The maximum absolute atomic E-state index is 12.3. The van der Waals surface area contributed by atoms with Crippen molar-refractivity contribution in [2.75, 3.05) is 19.6 Å². The maximum atomic E-state index is 12.3. The van der Waals surface area contributed by atoms with Crippen LogP contribution in [0.2, 0.25) is 0 Å². The van der Waals surface area contributed by atoms with Gasteiger partial charge >= 0.3 is 6.36 Å². The third kappa shape index (κ3) is 4.04. The van der Waals surface area contributed by atoms with Crippen LogP contribution in [0.1, 0.15) is 17.7 Å². The molecule has 24 heavy (non-hydrogen) atoms. The van der Waals surface area contributed by atoms with Crippen LogP contribution in [-0.4, -0.2) is 51.4 Å². The van der Waals surface area contributed by atoms with E-state index in [1.807, 2.05) is 4.90 Å². The Morgan fingerprint density at radius 1 is 1.38 bits per heavy atom. The van der Waals surface area contributed by atoms with Gasteiger partial charge in [0.1, 0.15) is 17.0 Å². The van der Waals surface area contributed by atoms with E-state index in [1.165, 1.54) is 24.4 Å². The molecule has 0 aliphatic carbocycles. The van der Waals surface area contributed by atoms with Crippen LogP contribution >= 0.6 is 0 Å². The summed E-state index contributed by atoms with van der Waals surface area (Å²) in [6.07, 6.45) is -2.09. The molecule has 1 aliphatic heterocycles. The summed E-state index contributed by atoms with van der Waals surface area (Å²) in [5.41, 5.74) is 0.216. The standard InChI is InChI=1S/C15H17F3N4O2/c16-15(17,18)24-12-3-1-2-11(8-12)4-6-22-7-5-14(23,10-22)13-9-19-21-20-13/h1-3,8-9,23H,4-7,10H2,(H,19,20,21)/t14-/m1/s1. The molecular formula is C15H17F3N4O2. The number of likely N-dealkylation sites (tertiary alicyclic amines) is 1. The van der Waals surface area contributed by atoms with E-state index < -0.39 is 12.0 Å². The second-order valence-corrected chi connectivity index (χ2v) is 5.86. The van der Waals surface area contributed by atoms with Crippen LogP contribution in [-0.2, 0) is 12.0 Å². The number of hydrogen-bond acceptors (Lipinski definition) is 5. The Bertz CT molecular complexity index is 678. The number of alkyl halides is 3. The van der Waals surface area contributed by atoms with Crippen LogP contribution in [0.4, 0.5) is 13.2 Å². The second-order valence-electron chi connectivity index (χ2n) is 5.86. The molecule has 0 spiro atoms. The predicted octanol–water partition coefficient (Wildman–Crippen LogP) is 1.84. The van der Waals surface area contributed by atoms with Crippen molar-refractivity contribution in [1.29, 1.82) is 0 Å². The van der Waals surface area contributed by atoms with E-state index in [0.29, 0.717) is 38.2 Å². The summed E-state index contributed by atoms with van der Waals surface area (Å²) in [6, 6.07) is 5.94. The summed E-state index contributed by atoms with van der Waals surface area (Å²) in [5.74, 6) is -0.222. The van der Waals surface area contributed by atoms with Gasteiger partial charge in [-0.15, -0.1) is 13.2 Å². The van der Waals surface area contributed by atoms with Crippen LogP contribution in [0.25, 0.3) is 0 Å². The number of nitrogens with one attached hydrogen (secondary N) is 1. The van der Waals surface area contributed by atoms with Crippen LogP contribution in [0.3, 0.4) is 0 Å². The van der Waals surface area contributed by atoms with E-state index in [2.05, 4.69) is 20.1 Å². The highest BCUT2D eigenvalue weighted by Crippen LogP contribution is 2.30. The SMILES string of the molecule is O[C@]1(c2cn[nH]n2)CCN(CCc2cccc(OC(F)(F)F)c2)C1. The van der Waals surface area contributed by atoms with Crippen molar-refractivity contribution < 1.29 is 23.0 Å². The number of rotatable bonds is 5. The molecular weight excluding hydrogens is 325 g/mol. The highest BCUT2D eigenvalue weighted by Gasteiger charge is 2.39.